The zero-order valence-corrected chi connectivity index (χ0v) is 19.7. The minimum Gasteiger partial charge on any atom is -0.480 e. The second-order valence-electron chi connectivity index (χ2n) is 8.52. The van der Waals surface area contributed by atoms with Crippen molar-refractivity contribution in [3.8, 4) is 11.1 Å². The van der Waals surface area contributed by atoms with Gasteiger partial charge in [0.25, 0.3) is 0 Å². The van der Waals surface area contributed by atoms with Gasteiger partial charge >= 0.3 is 12.1 Å². The number of amides is 2. The molecule has 7 nitrogen and oxygen atoms in total. The number of nitrogens with one attached hydrogen (secondary N) is 1. The van der Waals surface area contributed by atoms with Crippen LogP contribution < -0.4 is 5.32 Å². The Morgan fingerprint density at radius 1 is 0.971 bits per heavy atom. The van der Waals surface area contributed by atoms with E-state index in [0.717, 1.165) is 22.3 Å². The highest BCUT2D eigenvalue weighted by atomic mass is 16.5. The number of rotatable bonds is 8. The molecular formula is C28H28N2O5. The molecule has 0 spiro atoms. The summed E-state index contributed by atoms with van der Waals surface area (Å²) in [5.74, 6) is -1.38. The summed E-state index contributed by atoms with van der Waals surface area (Å²) >= 11 is 0. The van der Waals surface area contributed by atoms with Crippen LogP contribution in [0.15, 0.2) is 72.8 Å². The summed E-state index contributed by atoms with van der Waals surface area (Å²) in [4.78, 5) is 37.8. The number of anilines is 1. The van der Waals surface area contributed by atoms with Crippen molar-refractivity contribution in [3.05, 3.63) is 89.5 Å². The summed E-state index contributed by atoms with van der Waals surface area (Å²) in [6.45, 7) is 3.73. The molecule has 0 fully saturated rings. The zero-order chi connectivity index (χ0) is 24.9. The lowest BCUT2D eigenvalue weighted by molar-refractivity contribution is -0.149. The summed E-state index contributed by atoms with van der Waals surface area (Å²) in [5.41, 5.74) is 5.76. The molecule has 0 heterocycles. The van der Waals surface area contributed by atoms with Crippen LogP contribution in [0.2, 0.25) is 0 Å². The maximum Gasteiger partial charge on any atom is 0.411 e. The van der Waals surface area contributed by atoms with Gasteiger partial charge in [0.15, 0.2) is 0 Å². The van der Waals surface area contributed by atoms with E-state index in [2.05, 4.69) is 29.6 Å². The van der Waals surface area contributed by atoms with E-state index in [1.54, 1.807) is 31.2 Å². The van der Waals surface area contributed by atoms with Crippen LogP contribution >= 0.6 is 0 Å². The highest BCUT2D eigenvalue weighted by Gasteiger charge is 2.29. The minimum absolute atomic E-state index is 0.0334. The fourth-order valence-electron chi connectivity index (χ4n) is 4.59. The SMILES string of the molecule is CCN(C(=O)Cc1cccc(NC(=O)OCC2c3ccccc3-c3ccccc32)c1)C(C)C(=O)O. The number of fused-ring (bicyclic) bond motifs is 3. The first-order valence-electron chi connectivity index (χ1n) is 11.6. The van der Waals surface area contributed by atoms with Gasteiger partial charge in [-0.1, -0.05) is 60.7 Å². The molecule has 0 aromatic heterocycles. The first-order chi connectivity index (χ1) is 16.9. The van der Waals surface area contributed by atoms with Gasteiger partial charge in [-0.2, -0.15) is 0 Å². The maximum atomic E-state index is 12.6. The molecule has 35 heavy (non-hydrogen) atoms. The quantitative estimate of drug-likeness (QED) is 0.486. The largest absolute Gasteiger partial charge is 0.480 e. The fourth-order valence-corrected chi connectivity index (χ4v) is 4.59. The zero-order valence-electron chi connectivity index (χ0n) is 19.7. The second kappa shape index (κ2) is 10.4. The number of nitrogens with zero attached hydrogens (tertiary/aromatic N) is 1. The summed E-state index contributed by atoms with van der Waals surface area (Å²) in [7, 11) is 0. The molecule has 7 heteroatoms. The highest BCUT2D eigenvalue weighted by molar-refractivity contribution is 5.87. The number of carboxylic acids is 1. The Morgan fingerprint density at radius 3 is 2.20 bits per heavy atom. The van der Waals surface area contributed by atoms with Crippen LogP contribution in [0.4, 0.5) is 10.5 Å². The van der Waals surface area contributed by atoms with Gasteiger partial charge in [-0.15, -0.1) is 0 Å². The minimum atomic E-state index is -1.05. The van der Waals surface area contributed by atoms with Crippen LogP contribution in [0, 0.1) is 0 Å². The Morgan fingerprint density at radius 2 is 1.60 bits per heavy atom. The molecule has 3 aromatic rings. The van der Waals surface area contributed by atoms with E-state index in [1.165, 1.54) is 11.8 Å². The number of hydrogen-bond acceptors (Lipinski definition) is 4. The Kier molecular flexibility index (Phi) is 7.15. The number of aliphatic carboxylic acids is 1. The van der Waals surface area contributed by atoms with Crippen LogP contribution in [-0.2, 0) is 20.7 Å². The van der Waals surface area contributed by atoms with Crippen molar-refractivity contribution in [1.29, 1.82) is 0 Å². The van der Waals surface area contributed by atoms with E-state index in [9.17, 15) is 19.5 Å². The maximum absolute atomic E-state index is 12.6. The molecule has 2 amide bonds. The van der Waals surface area contributed by atoms with E-state index in [4.69, 9.17) is 4.74 Å². The van der Waals surface area contributed by atoms with Gasteiger partial charge in [0.1, 0.15) is 12.6 Å². The molecular weight excluding hydrogens is 444 g/mol. The number of ether oxygens (including phenoxy) is 1. The average Bonchev–Trinajstić information content (AvgIpc) is 3.17. The lowest BCUT2D eigenvalue weighted by Crippen LogP contribution is -2.43. The van der Waals surface area contributed by atoms with Crippen LogP contribution in [0.3, 0.4) is 0 Å². The van der Waals surface area contributed by atoms with Gasteiger partial charge in [-0.25, -0.2) is 9.59 Å². The normalized spacial score (nSPS) is 12.9. The van der Waals surface area contributed by atoms with Gasteiger partial charge in [-0.3, -0.25) is 10.1 Å². The highest BCUT2D eigenvalue weighted by Crippen LogP contribution is 2.44. The van der Waals surface area contributed by atoms with E-state index in [-0.39, 0.29) is 24.9 Å². The van der Waals surface area contributed by atoms with Gasteiger partial charge in [0.05, 0.1) is 6.42 Å². The molecule has 1 aliphatic rings. The summed E-state index contributed by atoms with van der Waals surface area (Å²) in [5, 5.41) is 12.0. The van der Waals surface area contributed by atoms with Crippen LogP contribution in [0.1, 0.15) is 36.5 Å². The van der Waals surface area contributed by atoms with Crippen molar-refractivity contribution in [2.45, 2.75) is 32.2 Å². The second-order valence-corrected chi connectivity index (χ2v) is 8.52. The molecule has 1 aliphatic carbocycles. The Bertz CT molecular complexity index is 1210. The standard InChI is InChI=1S/C28H28N2O5/c1-3-30(18(2)27(32)33)26(31)16-19-9-8-10-20(15-19)29-28(34)35-17-25-23-13-6-4-11-21(23)22-12-5-7-14-24(22)25/h4-15,18,25H,3,16-17H2,1-2H3,(H,29,34)(H,32,33). The first kappa shape index (κ1) is 24.0. The first-order valence-corrected chi connectivity index (χ1v) is 11.6. The Labute approximate surface area is 204 Å². The number of carbonyl (C=O) groups is 3. The molecule has 0 saturated heterocycles. The van der Waals surface area contributed by atoms with Crippen molar-refractivity contribution in [1.82, 2.24) is 4.90 Å². The van der Waals surface area contributed by atoms with Crippen molar-refractivity contribution in [2.24, 2.45) is 0 Å². The van der Waals surface area contributed by atoms with E-state index < -0.39 is 18.1 Å². The van der Waals surface area contributed by atoms with E-state index >= 15 is 0 Å². The molecule has 0 aliphatic heterocycles. The summed E-state index contributed by atoms with van der Waals surface area (Å²) in [6, 6.07) is 22.3. The smallest absolute Gasteiger partial charge is 0.411 e. The van der Waals surface area contributed by atoms with Gasteiger partial charge in [0.2, 0.25) is 5.91 Å². The lowest BCUT2D eigenvalue weighted by Gasteiger charge is -2.25. The number of carbonyl (C=O) groups excluding carboxylic acids is 2. The average molecular weight is 473 g/mol. The van der Waals surface area contributed by atoms with E-state index in [1.807, 2.05) is 24.3 Å². The Hall–Kier alpha value is -4.13. The predicted molar refractivity (Wildman–Crippen MR) is 133 cm³/mol. The topological polar surface area (TPSA) is 95.9 Å². The van der Waals surface area contributed by atoms with Crippen molar-refractivity contribution in [2.75, 3.05) is 18.5 Å². The summed E-state index contributed by atoms with van der Waals surface area (Å²) < 4.78 is 5.59. The van der Waals surface area contributed by atoms with Crippen LogP contribution in [0.25, 0.3) is 11.1 Å². The summed E-state index contributed by atoms with van der Waals surface area (Å²) in [6.07, 6.45) is -0.545. The molecule has 2 N–H and O–H groups in total. The molecule has 1 atom stereocenters. The monoisotopic (exact) mass is 472 g/mol. The molecule has 1 unspecified atom stereocenters. The predicted octanol–water partition coefficient (Wildman–Crippen LogP) is 4.91. The number of carboxylic acid groups (broad SMARTS) is 1. The molecule has 0 saturated carbocycles. The van der Waals surface area contributed by atoms with Crippen molar-refractivity contribution >= 4 is 23.7 Å². The van der Waals surface area contributed by atoms with Gasteiger partial charge < -0.3 is 14.7 Å². The number of likely N-dealkylation sites (N-methyl/N-ethyl adjacent to an activating group) is 1. The molecule has 180 valence electrons. The van der Waals surface area contributed by atoms with Crippen molar-refractivity contribution in [3.63, 3.8) is 0 Å². The third kappa shape index (κ3) is 5.19. The van der Waals surface area contributed by atoms with Crippen LogP contribution in [0.5, 0.6) is 0 Å². The lowest BCUT2D eigenvalue weighted by atomic mass is 9.98. The number of benzene rings is 3. The number of hydrogen-bond donors (Lipinski definition) is 2. The van der Waals surface area contributed by atoms with Crippen LogP contribution in [-0.4, -0.2) is 47.2 Å². The van der Waals surface area contributed by atoms with Crippen molar-refractivity contribution < 1.29 is 24.2 Å². The van der Waals surface area contributed by atoms with Gasteiger partial charge in [-0.05, 0) is 53.8 Å². The third-order valence-corrected chi connectivity index (χ3v) is 6.36. The molecule has 0 radical (unpaired) electrons. The Balaban J connectivity index is 1.39. The molecule has 3 aromatic carbocycles. The van der Waals surface area contributed by atoms with Gasteiger partial charge in [0, 0.05) is 18.2 Å². The molecule has 4 rings (SSSR count). The molecule has 0 bridgehead atoms. The van der Waals surface area contributed by atoms with E-state index in [0.29, 0.717) is 17.8 Å². The fraction of sp³-hybridized carbons (Fsp3) is 0.250. The third-order valence-electron chi connectivity index (χ3n) is 6.36.